The summed E-state index contributed by atoms with van der Waals surface area (Å²) in [5, 5.41) is 6.25. The zero-order valence-corrected chi connectivity index (χ0v) is 11.4. The van der Waals surface area contributed by atoms with Gasteiger partial charge in [-0.3, -0.25) is 4.79 Å². The van der Waals surface area contributed by atoms with Crippen LogP contribution < -0.4 is 10.6 Å². The molecule has 1 amide bonds. The van der Waals surface area contributed by atoms with Gasteiger partial charge < -0.3 is 15.4 Å². The smallest absolute Gasteiger partial charge is 0.246 e. The Morgan fingerprint density at radius 1 is 1.39 bits per heavy atom. The molecule has 1 aliphatic rings. The minimum atomic E-state index is -0.0545. The zero-order chi connectivity index (χ0) is 13.2. The molecule has 18 heavy (non-hydrogen) atoms. The standard InChI is InChI=1S/C14H26N2O2/c1-3-9-15-12-5-7-13(8-6-12)18-11-14(17)16-10-4-2/h4,12-13,15H,2-3,5-11H2,1H3,(H,16,17). The van der Waals surface area contributed by atoms with Crippen LogP contribution >= 0.6 is 0 Å². The summed E-state index contributed by atoms with van der Waals surface area (Å²) >= 11 is 0. The molecule has 1 rings (SSSR count). The highest BCUT2D eigenvalue weighted by atomic mass is 16.5. The first-order chi connectivity index (χ1) is 8.76. The molecule has 0 aromatic heterocycles. The van der Waals surface area contributed by atoms with Crippen LogP contribution in [0, 0.1) is 0 Å². The van der Waals surface area contributed by atoms with Gasteiger partial charge >= 0.3 is 0 Å². The van der Waals surface area contributed by atoms with Crippen LogP contribution in [0.4, 0.5) is 0 Å². The Bertz CT molecular complexity index is 248. The van der Waals surface area contributed by atoms with Crippen LogP contribution in [0.1, 0.15) is 39.0 Å². The van der Waals surface area contributed by atoms with E-state index in [-0.39, 0.29) is 18.6 Å². The predicted molar refractivity (Wildman–Crippen MR) is 73.5 cm³/mol. The third kappa shape index (κ3) is 6.17. The van der Waals surface area contributed by atoms with Crippen molar-refractivity contribution in [1.29, 1.82) is 0 Å². The van der Waals surface area contributed by atoms with E-state index >= 15 is 0 Å². The van der Waals surface area contributed by atoms with E-state index in [9.17, 15) is 4.79 Å². The van der Waals surface area contributed by atoms with Gasteiger partial charge in [0.05, 0.1) is 6.10 Å². The van der Waals surface area contributed by atoms with Gasteiger partial charge in [0, 0.05) is 12.6 Å². The Kier molecular flexibility index (Phi) is 7.69. The fourth-order valence-electron chi connectivity index (χ4n) is 2.21. The molecule has 0 radical (unpaired) electrons. The number of hydrogen-bond acceptors (Lipinski definition) is 3. The number of nitrogens with one attached hydrogen (secondary N) is 2. The van der Waals surface area contributed by atoms with Gasteiger partial charge in [-0.25, -0.2) is 0 Å². The lowest BCUT2D eigenvalue weighted by Gasteiger charge is -2.29. The second-order valence-corrected chi connectivity index (χ2v) is 4.83. The molecule has 0 spiro atoms. The number of carbonyl (C=O) groups is 1. The second kappa shape index (κ2) is 9.11. The molecule has 0 unspecified atom stereocenters. The molecule has 4 nitrogen and oxygen atoms in total. The summed E-state index contributed by atoms with van der Waals surface area (Å²) < 4.78 is 5.62. The molecule has 0 aromatic rings. The summed E-state index contributed by atoms with van der Waals surface area (Å²) in [4.78, 5) is 11.4. The van der Waals surface area contributed by atoms with Crippen molar-refractivity contribution in [3.05, 3.63) is 12.7 Å². The van der Waals surface area contributed by atoms with E-state index in [4.69, 9.17) is 4.74 Å². The van der Waals surface area contributed by atoms with Gasteiger partial charge in [0.25, 0.3) is 0 Å². The van der Waals surface area contributed by atoms with Crippen LogP contribution in [-0.2, 0) is 9.53 Å². The van der Waals surface area contributed by atoms with Gasteiger partial charge in [-0.2, -0.15) is 0 Å². The van der Waals surface area contributed by atoms with Crippen LogP contribution in [0.2, 0.25) is 0 Å². The topological polar surface area (TPSA) is 50.4 Å². The van der Waals surface area contributed by atoms with E-state index in [1.807, 2.05) is 0 Å². The summed E-state index contributed by atoms with van der Waals surface area (Å²) in [6, 6.07) is 0.638. The van der Waals surface area contributed by atoms with Crippen molar-refractivity contribution >= 4 is 5.91 Å². The fourth-order valence-corrected chi connectivity index (χ4v) is 2.21. The molecule has 0 aromatic carbocycles. The predicted octanol–water partition coefficient (Wildman–Crippen LogP) is 1.62. The minimum Gasteiger partial charge on any atom is -0.368 e. The molecule has 1 saturated carbocycles. The molecule has 1 fully saturated rings. The van der Waals surface area contributed by atoms with Crippen molar-refractivity contribution < 1.29 is 9.53 Å². The van der Waals surface area contributed by atoms with E-state index < -0.39 is 0 Å². The highest BCUT2D eigenvalue weighted by molar-refractivity contribution is 5.77. The molecular formula is C14H26N2O2. The third-order valence-electron chi connectivity index (χ3n) is 3.25. The lowest BCUT2D eigenvalue weighted by molar-refractivity contribution is -0.128. The van der Waals surface area contributed by atoms with E-state index in [1.54, 1.807) is 6.08 Å². The van der Waals surface area contributed by atoms with Gasteiger partial charge in [-0.15, -0.1) is 6.58 Å². The number of hydrogen-bond donors (Lipinski definition) is 2. The summed E-state index contributed by atoms with van der Waals surface area (Å²) in [5.41, 5.74) is 0. The first kappa shape index (κ1) is 15.2. The van der Waals surface area contributed by atoms with E-state index in [0.717, 1.165) is 32.2 Å². The molecule has 4 heteroatoms. The van der Waals surface area contributed by atoms with Gasteiger partial charge in [-0.05, 0) is 38.6 Å². The zero-order valence-electron chi connectivity index (χ0n) is 11.4. The summed E-state index contributed by atoms with van der Waals surface area (Å²) in [6.07, 6.45) is 7.51. The maximum absolute atomic E-state index is 11.4. The van der Waals surface area contributed by atoms with Crippen LogP contribution in [0.3, 0.4) is 0 Å². The summed E-state index contributed by atoms with van der Waals surface area (Å²) in [6.45, 7) is 7.52. The van der Waals surface area contributed by atoms with Crippen molar-refractivity contribution in [2.24, 2.45) is 0 Å². The van der Waals surface area contributed by atoms with Crippen LogP contribution in [0.5, 0.6) is 0 Å². The minimum absolute atomic E-state index is 0.0545. The van der Waals surface area contributed by atoms with Crippen molar-refractivity contribution in [3.63, 3.8) is 0 Å². The van der Waals surface area contributed by atoms with Crippen molar-refractivity contribution in [2.45, 2.75) is 51.2 Å². The molecule has 0 atom stereocenters. The Balaban J connectivity index is 2.08. The van der Waals surface area contributed by atoms with Crippen molar-refractivity contribution in [3.8, 4) is 0 Å². The third-order valence-corrected chi connectivity index (χ3v) is 3.25. The Morgan fingerprint density at radius 3 is 2.72 bits per heavy atom. The maximum Gasteiger partial charge on any atom is 0.246 e. The van der Waals surface area contributed by atoms with Crippen LogP contribution in [0.25, 0.3) is 0 Å². The summed E-state index contributed by atoms with van der Waals surface area (Å²) in [7, 11) is 0. The van der Waals surface area contributed by atoms with Gasteiger partial charge in [-0.1, -0.05) is 13.0 Å². The molecule has 0 saturated heterocycles. The Hall–Kier alpha value is -0.870. The van der Waals surface area contributed by atoms with Gasteiger partial charge in [0.1, 0.15) is 6.61 Å². The molecule has 1 aliphatic carbocycles. The lowest BCUT2D eigenvalue weighted by atomic mass is 9.93. The molecule has 0 bridgehead atoms. The molecule has 104 valence electrons. The highest BCUT2D eigenvalue weighted by Crippen LogP contribution is 2.21. The number of carbonyl (C=O) groups excluding carboxylic acids is 1. The number of amides is 1. The second-order valence-electron chi connectivity index (χ2n) is 4.83. The van der Waals surface area contributed by atoms with Crippen LogP contribution in [0.15, 0.2) is 12.7 Å². The Labute approximate surface area is 110 Å². The maximum atomic E-state index is 11.4. The van der Waals surface area contributed by atoms with E-state index in [1.165, 1.54) is 6.42 Å². The molecule has 0 heterocycles. The van der Waals surface area contributed by atoms with E-state index in [2.05, 4.69) is 24.1 Å². The largest absolute Gasteiger partial charge is 0.368 e. The average molecular weight is 254 g/mol. The fraction of sp³-hybridized carbons (Fsp3) is 0.786. The lowest BCUT2D eigenvalue weighted by Crippen LogP contribution is -2.37. The van der Waals surface area contributed by atoms with Gasteiger partial charge in [0.2, 0.25) is 5.91 Å². The molecule has 2 N–H and O–H groups in total. The monoisotopic (exact) mass is 254 g/mol. The van der Waals surface area contributed by atoms with E-state index in [0.29, 0.717) is 12.6 Å². The van der Waals surface area contributed by atoms with Crippen molar-refractivity contribution in [1.82, 2.24) is 10.6 Å². The molecule has 0 aliphatic heterocycles. The SMILES string of the molecule is C=CCNC(=O)COC1CCC(NCCC)CC1. The number of rotatable bonds is 8. The quantitative estimate of drug-likeness (QED) is 0.647. The highest BCUT2D eigenvalue weighted by Gasteiger charge is 2.21. The average Bonchev–Trinajstić information content (AvgIpc) is 2.41. The van der Waals surface area contributed by atoms with Crippen molar-refractivity contribution in [2.75, 3.05) is 19.7 Å². The first-order valence-corrected chi connectivity index (χ1v) is 6.98. The first-order valence-electron chi connectivity index (χ1n) is 6.98. The normalized spacial score (nSPS) is 23.6. The van der Waals surface area contributed by atoms with Crippen LogP contribution in [-0.4, -0.2) is 37.7 Å². The van der Waals surface area contributed by atoms with Gasteiger partial charge in [0.15, 0.2) is 0 Å². The number of ether oxygens (including phenoxy) is 1. The molecular weight excluding hydrogens is 228 g/mol. The Morgan fingerprint density at radius 2 is 2.11 bits per heavy atom. The summed E-state index contributed by atoms with van der Waals surface area (Å²) in [5.74, 6) is -0.0545.